The molecule has 3 aromatic heterocycles. The lowest BCUT2D eigenvalue weighted by Crippen LogP contribution is -2.22. The Morgan fingerprint density at radius 1 is 1.00 bits per heavy atom. The zero-order valence-corrected chi connectivity index (χ0v) is 17.5. The molecule has 0 N–H and O–H groups in total. The lowest BCUT2D eigenvalue weighted by molar-refractivity contribution is 0.0847. The molecule has 1 fully saturated rings. The fourth-order valence-corrected chi connectivity index (χ4v) is 3.91. The van der Waals surface area contributed by atoms with Crippen LogP contribution in [-0.4, -0.2) is 21.0 Å². The minimum atomic E-state index is -0.196. The van der Waals surface area contributed by atoms with Crippen LogP contribution in [0.3, 0.4) is 0 Å². The third-order valence-corrected chi connectivity index (χ3v) is 5.88. The molecular formula is C25H21N3O4. The summed E-state index contributed by atoms with van der Waals surface area (Å²) in [6.45, 7) is 2.13. The van der Waals surface area contributed by atoms with Crippen molar-refractivity contribution < 1.29 is 14.2 Å². The summed E-state index contributed by atoms with van der Waals surface area (Å²) in [5.41, 5.74) is 3.47. The highest BCUT2D eigenvalue weighted by Gasteiger charge is 2.26. The van der Waals surface area contributed by atoms with Gasteiger partial charge in [-0.05, 0) is 48.9 Å². The number of aromatic nitrogens is 3. The van der Waals surface area contributed by atoms with Crippen LogP contribution in [0.15, 0.2) is 65.8 Å². The summed E-state index contributed by atoms with van der Waals surface area (Å²) >= 11 is 0. The molecule has 7 nitrogen and oxygen atoms in total. The van der Waals surface area contributed by atoms with Gasteiger partial charge in [-0.15, -0.1) is 0 Å². The minimum Gasteiger partial charge on any atom is -0.484 e. The smallest absolute Gasteiger partial charge is 0.260 e. The third-order valence-electron chi connectivity index (χ3n) is 5.88. The van der Waals surface area contributed by atoms with Crippen LogP contribution in [0.25, 0.3) is 5.65 Å². The first kappa shape index (κ1) is 18.9. The van der Waals surface area contributed by atoms with Crippen molar-refractivity contribution >= 4 is 5.65 Å². The highest BCUT2D eigenvalue weighted by atomic mass is 16.6. The number of aryl methyl sites for hydroxylation is 1. The maximum Gasteiger partial charge on any atom is 0.260 e. The molecule has 32 heavy (non-hydrogen) atoms. The molecule has 0 unspecified atom stereocenters. The molecule has 0 spiro atoms. The Labute approximate surface area is 184 Å². The fraction of sp³-hybridized carbons (Fsp3) is 0.240. The summed E-state index contributed by atoms with van der Waals surface area (Å²) in [6.07, 6.45) is 7.15. The van der Waals surface area contributed by atoms with Crippen LogP contribution in [0.1, 0.15) is 41.6 Å². The Morgan fingerprint density at radius 2 is 1.81 bits per heavy atom. The lowest BCUT2D eigenvalue weighted by Gasteiger charge is -2.26. The molecule has 1 aliphatic heterocycles. The van der Waals surface area contributed by atoms with Crippen LogP contribution < -0.4 is 19.8 Å². The van der Waals surface area contributed by atoms with Gasteiger partial charge in [0.2, 0.25) is 0 Å². The van der Waals surface area contributed by atoms with E-state index in [1.165, 1.54) is 22.8 Å². The van der Waals surface area contributed by atoms with E-state index in [2.05, 4.69) is 34.2 Å². The zero-order valence-electron chi connectivity index (χ0n) is 17.5. The average Bonchev–Trinajstić information content (AvgIpc) is 3.67. The Kier molecular flexibility index (Phi) is 4.35. The van der Waals surface area contributed by atoms with E-state index in [1.54, 1.807) is 43.7 Å². The summed E-state index contributed by atoms with van der Waals surface area (Å²) in [4.78, 5) is 21.0. The molecule has 6 rings (SSSR count). The van der Waals surface area contributed by atoms with Crippen molar-refractivity contribution in [2.24, 2.45) is 0 Å². The molecule has 160 valence electrons. The SMILES string of the molecule is Cc1cnc2ccc(Oc3cnc4c(c3)OC[C@H](c3ccc(C5CC5)cc3)O4)cn2c1=O. The van der Waals surface area contributed by atoms with Crippen molar-refractivity contribution in [2.45, 2.75) is 31.8 Å². The Hall–Kier alpha value is -3.87. The summed E-state index contributed by atoms with van der Waals surface area (Å²) in [5.74, 6) is 2.69. The highest BCUT2D eigenvalue weighted by Crippen LogP contribution is 2.41. The van der Waals surface area contributed by atoms with Gasteiger partial charge in [0.05, 0.1) is 12.4 Å². The summed E-state index contributed by atoms with van der Waals surface area (Å²) < 4.78 is 19.4. The third kappa shape index (κ3) is 3.45. The van der Waals surface area contributed by atoms with Crippen molar-refractivity contribution in [2.75, 3.05) is 6.61 Å². The number of fused-ring (bicyclic) bond motifs is 2. The first-order valence-corrected chi connectivity index (χ1v) is 10.7. The number of rotatable bonds is 4. The van der Waals surface area contributed by atoms with Gasteiger partial charge in [0, 0.05) is 17.8 Å². The molecular weight excluding hydrogens is 406 g/mol. The molecule has 0 saturated heterocycles. The number of ether oxygens (including phenoxy) is 3. The number of nitrogens with zero attached hydrogens (tertiary/aromatic N) is 3. The van der Waals surface area contributed by atoms with Gasteiger partial charge in [0.15, 0.2) is 11.9 Å². The van der Waals surface area contributed by atoms with Gasteiger partial charge in [0.25, 0.3) is 11.4 Å². The highest BCUT2D eigenvalue weighted by molar-refractivity contribution is 5.45. The van der Waals surface area contributed by atoms with Crippen LogP contribution in [0.4, 0.5) is 0 Å². The van der Waals surface area contributed by atoms with Crippen LogP contribution in [-0.2, 0) is 0 Å². The molecule has 4 heterocycles. The average molecular weight is 427 g/mol. The lowest BCUT2D eigenvalue weighted by atomic mass is 10.0. The van der Waals surface area contributed by atoms with E-state index >= 15 is 0 Å². The molecule has 7 heteroatoms. The van der Waals surface area contributed by atoms with Crippen molar-refractivity contribution in [3.63, 3.8) is 0 Å². The topological polar surface area (TPSA) is 75.0 Å². The quantitative estimate of drug-likeness (QED) is 0.475. The summed E-state index contributed by atoms with van der Waals surface area (Å²) in [6, 6.07) is 13.8. The Balaban J connectivity index is 1.21. The molecule has 1 atom stereocenters. The predicted octanol–water partition coefficient (Wildman–Crippen LogP) is 4.58. The van der Waals surface area contributed by atoms with E-state index in [0.717, 1.165) is 11.5 Å². The number of hydrogen-bond donors (Lipinski definition) is 0. The summed E-state index contributed by atoms with van der Waals surface area (Å²) in [5, 5.41) is 0. The van der Waals surface area contributed by atoms with Crippen molar-refractivity contribution in [1.82, 2.24) is 14.4 Å². The Morgan fingerprint density at radius 3 is 2.62 bits per heavy atom. The van der Waals surface area contributed by atoms with Crippen LogP contribution in [0.2, 0.25) is 0 Å². The molecule has 2 aliphatic rings. The van der Waals surface area contributed by atoms with E-state index in [1.807, 2.05) is 0 Å². The van der Waals surface area contributed by atoms with Gasteiger partial charge >= 0.3 is 0 Å². The van der Waals surface area contributed by atoms with Crippen LogP contribution >= 0.6 is 0 Å². The van der Waals surface area contributed by atoms with Gasteiger partial charge in [-0.1, -0.05) is 24.3 Å². The van der Waals surface area contributed by atoms with E-state index in [0.29, 0.717) is 40.9 Å². The summed E-state index contributed by atoms with van der Waals surface area (Å²) in [7, 11) is 0. The maximum atomic E-state index is 12.3. The second kappa shape index (κ2) is 7.37. The van der Waals surface area contributed by atoms with Gasteiger partial charge < -0.3 is 14.2 Å². The van der Waals surface area contributed by atoms with Gasteiger partial charge in [-0.3, -0.25) is 9.20 Å². The van der Waals surface area contributed by atoms with Crippen molar-refractivity contribution in [3.8, 4) is 23.1 Å². The first-order chi connectivity index (χ1) is 15.6. The second-order valence-electron chi connectivity index (χ2n) is 8.27. The molecule has 4 aromatic rings. The maximum absolute atomic E-state index is 12.3. The standard InChI is InChI=1S/C25H21N3O4/c1-15-11-26-23-9-8-19(13-28(23)25(15)29)31-20-10-21-24(27-12-20)32-22(14-30-21)18-6-4-17(5-7-18)16-2-3-16/h4-13,16,22H,2-3,14H2,1H3/t22-/m1/s1. The van der Waals surface area contributed by atoms with Gasteiger partial charge in [-0.2, -0.15) is 0 Å². The monoisotopic (exact) mass is 427 g/mol. The second-order valence-corrected chi connectivity index (χ2v) is 8.27. The normalized spacial score (nSPS) is 17.3. The van der Waals surface area contributed by atoms with Crippen LogP contribution in [0.5, 0.6) is 23.1 Å². The van der Waals surface area contributed by atoms with E-state index in [-0.39, 0.29) is 11.7 Å². The first-order valence-electron chi connectivity index (χ1n) is 10.7. The number of benzene rings is 1. The van der Waals surface area contributed by atoms with Crippen molar-refractivity contribution in [3.05, 3.63) is 88.1 Å². The number of pyridine rings is 2. The predicted molar refractivity (Wildman–Crippen MR) is 118 cm³/mol. The molecule has 0 bridgehead atoms. The molecule has 0 amide bonds. The van der Waals surface area contributed by atoms with Crippen LogP contribution in [0, 0.1) is 6.92 Å². The van der Waals surface area contributed by atoms with Crippen molar-refractivity contribution in [1.29, 1.82) is 0 Å². The number of hydrogen-bond acceptors (Lipinski definition) is 6. The zero-order chi connectivity index (χ0) is 21.7. The van der Waals surface area contributed by atoms with Gasteiger partial charge in [-0.25, -0.2) is 9.97 Å². The Bertz CT molecular complexity index is 1380. The minimum absolute atomic E-state index is 0.128. The van der Waals surface area contributed by atoms with E-state index < -0.39 is 0 Å². The molecule has 1 aromatic carbocycles. The fourth-order valence-electron chi connectivity index (χ4n) is 3.91. The van der Waals surface area contributed by atoms with E-state index in [4.69, 9.17) is 14.2 Å². The van der Waals surface area contributed by atoms with E-state index in [9.17, 15) is 4.79 Å². The van der Waals surface area contributed by atoms with Gasteiger partial charge in [0.1, 0.15) is 23.8 Å². The largest absolute Gasteiger partial charge is 0.484 e. The molecule has 1 saturated carbocycles. The molecule has 0 radical (unpaired) electrons. The molecule has 1 aliphatic carbocycles.